The van der Waals surface area contributed by atoms with Gasteiger partial charge in [-0.05, 0) is 55.7 Å². The molecule has 2 bridgehead atoms. The first-order valence-electron chi connectivity index (χ1n) is 10.4. The molecule has 1 aliphatic carbocycles. The molecule has 2 atom stereocenters. The number of piperidine rings is 1. The fraction of sp³-hybridized carbons (Fsp3) is 0.545. The second-order valence-electron chi connectivity index (χ2n) is 8.40. The molecule has 0 N–H and O–H groups in total. The summed E-state index contributed by atoms with van der Waals surface area (Å²) >= 11 is 0. The molecule has 0 saturated carbocycles. The minimum absolute atomic E-state index is 0.119. The standard InChI is InChI=1S/C22H28N4O/c1-2-25-10-9-21(23-25)22(27)26-14-16-7-8-19(26)15-24(13-16)20-11-17-5-3-4-6-18(17)12-20/h3-6,9-10,16,19-20H,2,7-8,11-15H2,1H3/t16-,19+/m0/s1. The van der Waals surface area contributed by atoms with E-state index in [9.17, 15) is 4.79 Å². The second kappa shape index (κ2) is 6.79. The molecule has 2 aromatic rings. The minimum atomic E-state index is 0.119. The Balaban J connectivity index is 1.33. The van der Waals surface area contributed by atoms with E-state index in [1.54, 1.807) is 0 Å². The lowest BCUT2D eigenvalue weighted by molar-refractivity contribution is 0.0574. The molecule has 3 aliphatic heterocycles. The van der Waals surface area contributed by atoms with Crippen molar-refractivity contribution >= 4 is 5.91 Å². The van der Waals surface area contributed by atoms with Gasteiger partial charge in [0.2, 0.25) is 0 Å². The Morgan fingerprint density at radius 2 is 1.81 bits per heavy atom. The van der Waals surface area contributed by atoms with Gasteiger partial charge in [-0.25, -0.2) is 0 Å². The summed E-state index contributed by atoms with van der Waals surface area (Å²) in [6.45, 7) is 5.87. The third kappa shape index (κ3) is 3.08. The van der Waals surface area contributed by atoms with Crippen molar-refractivity contribution in [1.29, 1.82) is 0 Å². The fourth-order valence-corrected chi connectivity index (χ4v) is 5.26. The fourth-order valence-electron chi connectivity index (χ4n) is 5.26. The number of hydrogen-bond donors (Lipinski definition) is 0. The number of rotatable bonds is 3. The van der Waals surface area contributed by atoms with Crippen LogP contribution in [-0.4, -0.2) is 57.2 Å². The summed E-state index contributed by atoms with van der Waals surface area (Å²) in [5, 5.41) is 4.45. The Kier molecular flexibility index (Phi) is 4.27. The third-order valence-corrected chi connectivity index (χ3v) is 6.73. The molecule has 3 fully saturated rings. The Morgan fingerprint density at radius 1 is 1.04 bits per heavy atom. The van der Waals surface area contributed by atoms with Gasteiger partial charge in [-0.15, -0.1) is 0 Å². The summed E-state index contributed by atoms with van der Waals surface area (Å²) in [4.78, 5) is 17.9. The number of hydrogen-bond acceptors (Lipinski definition) is 3. The maximum atomic E-state index is 13.1. The van der Waals surface area contributed by atoms with Gasteiger partial charge in [-0.2, -0.15) is 5.10 Å². The lowest BCUT2D eigenvalue weighted by atomic mass is 9.94. The van der Waals surface area contributed by atoms with Crippen molar-refractivity contribution in [3.8, 4) is 0 Å². The van der Waals surface area contributed by atoms with E-state index in [4.69, 9.17) is 0 Å². The van der Waals surface area contributed by atoms with Crippen LogP contribution in [0.4, 0.5) is 0 Å². The van der Waals surface area contributed by atoms with E-state index in [0.29, 0.717) is 23.7 Å². The smallest absolute Gasteiger partial charge is 0.274 e. The quantitative estimate of drug-likeness (QED) is 0.841. The van der Waals surface area contributed by atoms with Crippen LogP contribution in [0.1, 0.15) is 41.4 Å². The molecule has 1 aromatic heterocycles. The van der Waals surface area contributed by atoms with Crippen molar-refractivity contribution in [1.82, 2.24) is 19.6 Å². The second-order valence-corrected chi connectivity index (χ2v) is 8.40. The number of aryl methyl sites for hydroxylation is 1. The largest absolute Gasteiger partial charge is 0.333 e. The molecule has 5 heteroatoms. The number of aromatic nitrogens is 2. The van der Waals surface area contributed by atoms with E-state index in [1.165, 1.54) is 17.5 Å². The van der Waals surface area contributed by atoms with Gasteiger partial charge in [0.25, 0.3) is 5.91 Å². The maximum absolute atomic E-state index is 13.1. The molecule has 0 radical (unpaired) electrons. The van der Waals surface area contributed by atoms with Crippen LogP contribution in [-0.2, 0) is 19.4 Å². The van der Waals surface area contributed by atoms with Crippen LogP contribution in [0.3, 0.4) is 0 Å². The van der Waals surface area contributed by atoms with E-state index in [2.05, 4.69) is 39.2 Å². The zero-order valence-electron chi connectivity index (χ0n) is 16.1. The van der Waals surface area contributed by atoms with E-state index >= 15 is 0 Å². The van der Waals surface area contributed by atoms with Crippen molar-refractivity contribution in [2.45, 2.75) is 51.2 Å². The molecular formula is C22H28N4O. The van der Waals surface area contributed by atoms with Crippen molar-refractivity contribution in [3.63, 3.8) is 0 Å². The highest BCUT2D eigenvalue weighted by molar-refractivity contribution is 5.92. The monoisotopic (exact) mass is 364 g/mol. The molecule has 6 rings (SSSR count). The molecular weight excluding hydrogens is 336 g/mol. The number of nitrogens with zero attached hydrogens (tertiary/aromatic N) is 4. The number of amides is 1. The summed E-state index contributed by atoms with van der Waals surface area (Å²) < 4.78 is 1.84. The molecule has 4 heterocycles. The summed E-state index contributed by atoms with van der Waals surface area (Å²) in [5.41, 5.74) is 3.62. The Labute approximate surface area is 161 Å². The molecule has 5 nitrogen and oxygen atoms in total. The maximum Gasteiger partial charge on any atom is 0.274 e. The predicted molar refractivity (Wildman–Crippen MR) is 105 cm³/mol. The number of carbonyl (C=O) groups excluding carboxylic acids is 1. The molecule has 27 heavy (non-hydrogen) atoms. The van der Waals surface area contributed by atoms with Gasteiger partial charge in [0.05, 0.1) is 0 Å². The molecule has 142 valence electrons. The van der Waals surface area contributed by atoms with E-state index in [1.807, 2.05) is 23.9 Å². The number of fused-ring (bicyclic) bond motifs is 5. The first-order chi connectivity index (χ1) is 13.2. The van der Waals surface area contributed by atoms with Gasteiger partial charge in [0.1, 0.15) is 5.69 Å². The highest BCUT2D eigenvalue weighted by atomic mass is 16.2. The summed E-state index contributed by atoms with van der Waals surface area (Å²) in [7, 11) is 0. The zero-order chi connectivity index (χ0) is 18.4. The van der Waals surface area contributed by atoms with Crippen LogP contribution in [0.2, 0.25) is 0 Å². The molecule has 0 unspecified atom stereocenters. The molecule has 3 saturated heterocycles. The van der Waals surface area contributed by atoms with E-state index in [-0.39, 0.29) is 5.91 Å². The van der Waals surface area contributed by atoms with E-state index < -0.39 is 0 Å². The Morgan fingerprint density at radius 3 is 2.52 bits per heavy atom. The Bertz CT molecular complexity index is 819. The molecule has 4 aliphatic rings. The predicted octanol–water partition coefficient (Wildman–Crippen LogP) is 2.61. The topological polar surface area (TPSA) is 41.4 Å². The van der Waals surface area contributed by atoms with Gasteiger partial charge >= 0.3 is 0 Å². The van der Waals surface area contributed by atoms with Crippen LogP contribution >= 0.6 is 0 Å². The third-order valence-electron chi connectivity index (χ3n) is 6.73. The lowest BCUT2D eigenvalue weighted by Gasteiger charge is -2.36. The summed E-state index contributed by atoms with van der Waals surface area (Å²) in [6.07, 6.45) is 6.59. The zero-order valence-corrected chi connectivity index (χ0v) is 16.1. The van der Waals surface area contributed by atoms with Crippen LogP contribution < -0.4 is 0 Å². The van der Waals surface area contributed by atoms with Crippen LogP contribution in [0.5, 0.6) is 0 Å². The normalized spacial score (nSPS) is 25.6. The van der Waals surface area contributed by atoms with E-state index in [0.717, 1.165) is 45.4 Å². The minimum Gasteiger partial charge on any atom is -0.333 e. The molecule has 1 aromatic carbocycles. The average molecular weight is 364 g/mol. The highest BCUT2D eigenvalue weighted by Crippen LogP contribution is 2.33. The summed E-state index contributed by atoms with van der Waals surface area (Å²) in [5.74, 6) is 0.707. The molecule has 1 amide bonds. The first kappa shape index (κ1) is 17.0. The van der Waals surface area contributed by atoms with Gasteiger partial charge < -0.3 is 4.90 Å². The Hall–Kier alpha value is -2.14. The van der Waals surface area contributed by atoms with Crippen LogP contribution in [0.25, 0.3) is 0 Å². The van der Waals surface area contributed by atoms with Crippen molar-refractivity contribution in [2.75, 3.05) is 19.6 Å². The SMILES string of the molecule is CCn1ccc(C(=O)N2C[C@H]3CC[C@@H]2CN(C2Cc4ccccc4C2)C3)n1. The van der Waals surface area contributed by atoms with Gasteiger partial charge in [0, 0.05) is 44.5 Å². The summed E-state index contributed by atoms with van der Waals surface area (Å²) in [6, 6.07) is 11.7. The lowest BCUT2D eigenvalue weighted by Crippen LogP contribution is -2.48. The van der Waals surface area contributed by atoms with Crippen molar-refractivity contribution < 1.29 is 4.79 Å². The van der Waals surface area contributed by atoms with Gasteiger partial charge in [-0.1, -0.05) is 24.3 Å². The van der Waals surface area contributed by atoms with Crippen LogP contribution in [0.15, 0.2) is 36.5 Å². The number of benzene rings is 1. The highest BCUT2D eigenvalue weighted by Gasteiger charge is 2.40. The van der Waals surface area contributed by atoms with Crippen LogP contribution in [0, 0.1) is 5.92 Å². The average Bonchev–Trinajstić information content (AvgIpc) is 3.25. The number of carbonyl (C=O) groups is 1. The van der Waals surface area contributed by atoms with Gasteiger partial charge in [-0.3, -0.25) is 14.4 Å². The van der Waals surface area contributed by atoms with Gasteiger partial charge in [0.15, 0.2) is 0 Å². The molecule has 0 spiro atoms. The van der Waals surface area contributed by atoms with Crippen molar-refractivity contribution in [2.24, 2.45) is 5.92 Å². The first-order valence-corrected chi connectivity index (χ1v) is 10.4. The van der Waals surface area contributed by atoms with Crippen molar-refractivity contribution in [3.05, 3.63) is 53.3 Å².